The molecule has 0 bridgehead atoms. The number of halogens is 3. The summed E-state index contributed by atoms with van der Waals surface area (Å²) >= 11 is 0. The average Bonchev–Trinajstić information content (AvgIpc) is 3.01. The van der Waals surface area contributed by atoms with Crippen LogP contribution in [0, 0.1) is 24.4 Å². The number of allylic oxidation sites excluding steroid dienone is 1. The van der Waals surface area contributed by atoms with Gasteiger partial charge in [0.05, 0.1) is 6.54 Å². The Hall–Kier alpha value is -3.35. The third-order valence-electron chi connectivity index (χ3n) is 4.89. The van der Waals surface area contributed by atoms with E-state index in [-0.39, 0.29) is 12.5 Å². The third kappa shape index (κ3) is 3.81. The number of aromatic nitrogens is 2. The predicted octanol–water partition coefficient (Wildman–Crippen LogP) is 4.72. The highest BCUT2D eigenvalue weighted by Crippen LogP contribution is 2.31. The van der Waals surface area contributed by atoms with Crippen LogP contribution >= 0.6 is 0 Å². The molecule has 0 atom stereocenters. The molecular formula is C22H18F3N3O. The van der Waals surface area contributed by atoms with Gasteiger partial charge in [0.15, 0.2) is 11.6 Å². The van der Waals surface area contributed by atoms with E-state index >= 15 is 0 Å². The first kappa shape index (κ1) is 19.0. The molecule has 0 saturated heterocycles. The van der Waals surface area contributed by atoms with Crippen molar-refractivity contribution in [2.45, 2.75) is 26.8 Å². The normalized spacial score (nSPS) is 12.7. The highest BCUT2D eigenvalue weighted by Gasteiger charge is 2.15. The molecule has 1 N–H and O–H groups in total. The van der Waals surface area contributed by atoms with E-state index in [0.717, 1.165) is 41.6 Å². The summed E-state index contributed by atoms with van der Waals surface area (Å²) in [6.45, 7) is 3.99. The van der Waals surface area contributed by atoms with Gasteiger partial charge in [-0.05, 0) is 60.7 Å². The molecule has 29 heavy (non-hydrogen) atoms. The van der Waals surface area contributed by atoms with Gasteiger partial charge in [0.2, 0.25) is 11.8 Å². The first-order valence-electron chi connectivity index (χ1n) is 9.09. The standard InChI is InChI=1S/C22H18F3N3O/c1-12-5-15-7-13(2)20(9-16(15)6-12)26-22-27-21(29)19(25)11-28(22)10-14-3-4-17(23)18(24)8-14/h3-4,6-9,11H,5,10H2,1-2H3,(H,26,27,29). The highest BCUT2D eigenvalue weighted by atomic mass is 19.2. The van der Waals surface area contributed by atoms with Crippen LogP contribution in [0.25, 0.3) is 6.08 Å². The topological polar surface area (TPSA) is 46.9 Å². The molecule has 0 unspecified atom stereocenters. The Morgan fingerprint density at radius 1 is 1.07 bits per heavy atom. The fourth-order valence-electron chi connectivity index (χ4n) is 3.47. The zero-order valence-corrected chi connectivity index (χ0v) is 15.9. The molecule has 1 aliphatic rings. The summed E-state index contributed by atoms with van der Waals surface area (Å²) in [6, 6.07) is 7.45. The lowest BCUT2D eigenvalue weighted by Gasteiger charge is -2.16. The summed E-state index contributed by atoms with van der Waals surface area (Å²) in [7, 11) is 0. The molecule has 1 aliphatic carbocycles. The van der Waals surface area contributed by atoms with Gasteiger partial charge in [-0.3, -0.25) is 4.79 Å². The van der Waals surface area contributed by atoms with Crippen molar-refractivity contribution in [3.8, 4) is 0 Å². The van der Waals surface area contributed by atoms with Crippen LogP contribution in [-0.2, 0) is 13.0 Å². The summed E-state index contributed by atoms with van der Waals surface area (Å²) in [4.78, 5) is 15.6. The number of hydrogen-bond donors (Lipinski definition) is 1. The van der Waals surface area contributed by atoms with Gasteiger partial charge < -0.3 is 9.88 Å². The Labute approximate surface area is 165 Å². The zero-order chi connectivity index (χ0) is 20.7. The summed E-state index contributed by atoms with van der Waals surface area (Å²) in [5.74, 6) is -2.87. The van der Waals surface area contributed by atoms with E-state index in [2.05, 4.69) is 29.4 Å². The third-order valence-corrected chi connectivity index (χ3v) is 4.89. The van der Waals surface area contributed by atoms with Crippen LogP contribution < -0.4 is 10.9 Å². The maximum absolute atomic E-state index is 13.9. The minimum Gasteiger partial charge on any atom is -0.325 e. The molecule has 0 saturated carbocycles. The Balaban J connectivity index is 1.72. The lowest BCUT2D eigenvalue weighted by molar-refractivity contribution is 0.506. The van der Waals surface area contributed by atoms with Gasteiger partial charge in [-0.2, -0.15) is 9.37 Å². The van der Waals surface area contributed by atoms with Crippen molar-refractivity contribution < 1.29 is 13.2 Å². The van der Waals surface area contributed by atoms with Gasteiger partial charge >= 0.3 is 5.56 Å². The van der Waals surface area contributed by atoms with E-state index in [1.54, 1.807) is 0 Å². The summed E-state index contributed by atoms with van der Waals surface area (Å²) in [5.41, 5.74) is 4.64. The van der Waals surface area contributed by atoms with Gasteiger partial charge in [-0.15, -0.1) is 0 Å². The minimum atomic E-state index is -1.03. The lowest BCUT2D eigenvalue weighted by Crippen LogP contribution is -2.20. The second kappa shape index (κ2) is 7.24. The first-order valence-corrected chi connectivity index (χ1v) is 9.09. The Morgan fingerprint density at radius 2 is 1.86 bits per heavy atom. The lowest BCUT2D eigenvalue weighted by atomic mass is 10.0. The van der Waals surface area contributed by atoms with E-state index in [1.165, 1.54) is 21.8 Å². The molecule has 0 fully saturated rings. The van der Waals surface area contributed by atoms with Crippen LogP contribution in [0.3, 0.4) is 0 Å². The molecule has 0 radical (unpaired) electrons. The fraction of sp³-hybridized carbons (Fsp3) is 0.182. The van der Waals surface area contributed by atoms with E-state index in [0.29, 0.717) is 5.56 Å². The van der Waals surface area contributed by atoms with E-state index in [4.69, 9.17) is 0 Å². The van der Waals surface area contributed by atoms with Gasteiger partial charge in [0.1, 0.15) is 0 Å². The van der Waals surface area contributed by atoms with Crippen LogP contribution in [0.1, 0.15) is 29.2 Å². The minimum absolute atomic E-state index is 0.00668. The van der Waals surface area contributed by atoms with Crippen molar-refractivity contribution in [3.63, 3.8) is 0 Å². The summed E-state index contributed by atoms with van der Waals surface area (Å²) in [5, 5.41) is 3.09. The molecule has 4 nitrogen and oxygen atoms in total. The van der Waals surface area contributed by atoms with Gasteiger partial charge in [-0.1, -0.05) is 23.8 Å². The smallest absolute Gasteiger partial charge is 0.310 e. The largest absolute Gasteiger partial charge is 0.325 e. The summed E-state index contributed by atoms with van der Waals surface area (Å²) < 4.78 is 42.0. The Morgan fingerprint density at radius 3 is 2.62 bits per heavy atom. The number of anilines is 2. The van der Waals surface area contributed by atoms with Crippen molar-refractivity contribution in [1.82, 2.24) is 9.55 Å². The van der Waals surface area contributed by atoms with Crippen molar-refractivity contribution in [3.05, 3.63) is 92.2 Å². The molecule has 1 aromatic heterocycles. The molecule has 1 heterocycles. The van der Waals surface area contributed by atoms with E-state index < -0.39 is 23.0 Å². The maximum Gasteiger partial charge on any atom is 0.310 e. The second-order valence-corrected chi connectivity index (χ2v) is 7.25. The number of benzene rings is 2. The van der Waals surface area contributed by atoms with Gasteiger partial charge in [0, 0.05) is 11.9 Å². The molecule has 4 rings (SSSR count). The van der Waals surface area contributed by atoms with Crippen molar-refractivity contribution in [2.24, 2.45) is 0 Å². The zero-order valence-electron chi connectivity index (χ0n) is 15.9. The van der Waals surface area contributed by atoms with Gasteiger partial charge in [0.25, 0.3) is 0 Å². The SMILES string of the molecule is CC1=Cc2cc(Nc3nc(=O)c(F)cn3Cc3ccc(F)c(F)c3)c(C)cc2C1. The maximum atomic E-state index is 13.9. The second-order valence-electron chi connectivity index (χ2n) is 7.25. The van der Waals surface area contributed by atoms with Crippen LogP contribution in [0.2, 0.25) is 0 Å². The Bertz CT molecular complexity index is 1210. The number of hydrogen-bond acceptors (Lipinski definition) is 3. The van der Waals surface area contributed by atoms with E-state index in [9.17, 15) is 18.0 Å². The van der Waals surface area contributed by atoms with Gasteiger partial charge in [-0.25, -0.2) is 8.78 Å². The molecule has 0 spiro atoms. The molecule has 2 aromatic carbocycles. The number of nitrogens with zero attached hydrogens (tertiary/aromatic N) is 2. The molecule has 148 valence electrons. The number of rotatable bonds is 4. The molecular weight excluding hydrogens is 379 g/mol. The summed E-state index contributed by atoms with van der Waals surface area (Å²) in [6.07, 6.45) is 3.99. The van der Waals surface area contributed by atoms with Crippen molar-refractivity contribution >= 4 is 17.7 Å². The van der Waals surface area contributed by atoms with Crippen molar-refractivity contribution in [1.29, 1.82) is 0 Å². The average molecular weight is 397 g/mol. The predicted molar refractivity (Wildman–Crippen MR) is 106 cm³/mol. The number of fused-ring (bicyclic) bond motifs is 1. The fourth-order valence-corrected chi connectivity index (χ4v) is 3.47. The molecule has 7 heteroatoms. The number of nitrogens with one attached hydrogen (secondary N) is 1. The first-order chi connectivity index (χ1) is 13.8. The van der Waals surface area contributed by atoms with Crippen LogP contribution in [0.15, 0.2) is 46.9 Å². The van der Waals surface area contributed by atoms with Crippen LogP contribution in [0.5, 0.6) is 0 Å². The molecule has 0 amide bonds. The quantitative estimate of drug-likeness (QED) is 0.693. The van der Waals surface area contributed by atoms with Crippen molar-refractivity contribution in [2.75, 3.05) is 5.32 Å². The number of aryl methyl sites for hydroxylation is 1. The van der Waals surface area contributed by atoms with E-state index in [1.807, 2.05) is 13.0 Å². The monoisotopic (exact) mass is 397 g/mol. The Kier molecular flexibility index (Phi) is 4.74. The molecule has 3 aromatic rings. The molecule has 0 aliphatic heterocycles. The van der Waals surface area contributed by atoms with Crippen LogP contribution in [0.4, 0.5) is 24.8 Å². The highest BCUT2D eigenvalue weighted by molar-refractivity contribution is 5.71. The van der Waals surface area contributed by atoms with Crippen LogP contribution in [-0.4, -0.2) is 9.55 Å².